The molecule has 3 heterocycles. The zero-order chi connectivity index (χ0) is 33.3. The smallest absolute Gasteiger partial charge is 0.275 e. The van der Waals surface area contributed by atoms with Gasteiger partial charge in [-0.2, -0.15) is 5.10 Å². The van der Waals surface area contributed by atoms with Crippen LogP contribution in [0.15, 0.2) is 42.5 Å². The van der Waals surface area contributed by atoms with Crippen LogP contribution in [0.3, 0.4) is 0 Å². The van der Waals surface area contributed by atoms with Gasteiger partial charge in [0.1, 0.15) is 11.4 Å². The summed E-state index contributed by atoms with van der Waals surface area (Å²) in [6.07, 6.45) is 2.47. The summed E-state index contributed by atoms with van der Waals surface area (Å²) in [4.78, 5) is 29.3. The number of aromatic nitrogens is 3. The predicted molar refractivity (Wildman–Crippen MR) is 189 cm³/mol. The molecule has 1 atom stereocenters. The molecule has 0 saturated carbocycles. The minimum absolute atomic E-state index is 0.0577. The second kappa shape index (κ2) is 11.9. The highest BCUT2D eigenvalue weighted by Gasteiger charge is 2.38. The summed E-state index contributed by atoms with van der Waals surface area (Å²) in [5.74, 6) is 0.864. The number of hydrogen-bond acceptors (Lipinski definition) is 4. The molecule has 2 aliphatic rings. The van der Waals surface area contributed by atoms with E-state index in [1.165, 1.54) is 0 Å². The predicted octanol–water partition coefficient (Wildman–Crippen LogP) is 8.94. The van der Waals surface area contributed by atoms with Crippen LogP contribution in [-0.2, 0) is 19.9 Å². The minimum atomic E-state index is -0.0615. The summed E-state index contributed by atoms with van der Waals surface area (Å²) >= 11 is 13.4. The highest BCUT2D eigenvalue weighted by Crippen LogP contribution is 2.45. The molecule has 1 aliphatic carbocycles. The highest BCUT2D eigenvalue weighted by molar-refractivity contribution is 6.35. The van der Waals surface area contributed by atoms with Crippen LogP contribution in [0.5, 0.6) is 5.75 Å². The summed E-state index contributed by atoms with van der Waals surface area (Å²) in [5, 5.41) is 7.10. The minimum Gasteiger partial charge on any atom is -0.494 e. The Labute approximate surface area is 285 Å². The number of benzene rings is 3. The number of amides is 1. The SMILES string of the molecule is Cc1cc(OCCCc2c3n(c4c(-c5c(C)nn(C)c5C)c(Cl)ccc24)C(C)CN(c2cccc4c2CCC4=O)C3=O)cc(C)c1Cl. The van der Waals surface area contributed by atoms with Crippen molar-refractivity contribution in [3.05, 3.63) is 97.4 Å². The lowest BCUT2D eigenvalue weighted by atomic mass is 9.98. The molecule has 2 aromatic heterocycles. The number of Topliss-reactive ketones (excluding diaryl/α,β-unsaturated/α-hetero) is 1. The summed E-state index contributed by atoms with van der Waals surface area (Å²) in [6.45, 7) is 11.1. The first-order valence-corrected chi connectivity index (χ1v) is 17.0. The summed E-state index contributed by atoms with van der Waals surface area (Å²) < 4.78 is 10.3. The summed E-state index contributed by atoms with van der Waals surface area (Å²) in [6, 6.07) is 13.6. The third-order valence-corrected chi connectivity index (χ3v) is 10.8. The number of anilines is 1. The molecule has 0 radical (unpaired) electrons. The second-order valence-corrected chi connectivity index (χ2v) is 13.8. The van der Waals surface area contributed by atoms with Gasteiger partial charge in [-0.1, -0.05) is 41.4 Å². The number of hydrogen-bond donors (Lipinski definition) is 0. The third kappa shape index (κ3) is 5.06. The lowest BCUT2D eigenvalue weighted by molar-refractivity contribution is 0.0955. The van der Waals surface area contributed by atoms with E-state index in [0.717, 1.165) is 77.7 Å². The first-order valence-electron chi connectivity index (χ1n) is 16.2. The van der Waals surface area contributed by atoms with Gasteiger partial charge in [0.15, 0.2) is 5.78 Å². The van der Waals surface area contributed by atoms with Crippen LogP contribution in [0.25, 0.3) is 22.0 Å². The van der Waals surface area contributed by atoms with Gasteiger partial charge in [0.2, 0.25) is 0 Å². The van der Waals surface area contributed by atoms with E-state index in [2.05, 4.69) is 24.5 Å². The number of fused-ring (bicyclic) bond motifs is 4. The quantitative estimate of drug-likeness (QED) is 0.162. The van der Waals surface area contributed by atoms with Crippen LogP contribution in [0.4, 0.5) is 5.69 Å². The molecule has 0 spiro atoms. The molecule has 5 aromatic rings. The molecule has 0 N–H and O–H groups in total. The number of carbonyl (C=O) groups is 2. The molecule has 7 nitrogen and oxygen atoms in total. The average Bonchev–Trinajstić information content (AvgIpc) is 3.66. The van der Waals surface area contributed by atoms with E-state index >= 15 is 0 Å². The van der Waals surface area contributed by atoms with E-state index in [-0.39, 0.29) is 17.7 Å². The van der Waals surface area contributed by atoms with Crippen molar-refractivity contribution in [3.8, 4) is 16.9 Å². The van der Waals surface area contributed by atoms with Crippen molar-refractivity contribution in [3.63, 3.8) is 0 Å². The van der Waals surface area contributed by atoms with Crippen molar-refractivity contribution in [1.29, 1.82) is 0 Å². The fourth-order valence-corrected chi connectivity index (χ4v) is 8.02. The number of halogens is 2. The molecular weight excluding hydrogens is 631 g/mol. The van der Waals surface area contributed by atoms with E-state index in [4.69, 9.17) is 33.0 Å². The van der Waals surface area contributed by atoms with Crippen LogP contribution in [0.1, 0.15) is 80.3 Å². The van der Waals surface area contributed by atoms with E-state index in [0.29, 0.717) is 49.6 Å². The number of carbonyl (C=O) groups excluding carboxylic acids is 2. The first kappa shape index (κ1) is 31.5. The molecule has 1 unspecified atom stereocenters. The molecule has 1 amide bonds. The van der Waals surface area contributed by atoms with Crippen molar-refractivity contribution in [1.82, 2.24) is 14.3 Å². The number of nitrogens with zero attached hydrogens (tertiary/aromatic N) is 4. The Bertz CT molecular complexity index is 2100. The van der Waals surface area contributed by atoms with Crippen molar-refractivity contribution in [2.75, 3.05) is 18.1 Å². The summed E-state index contributed by atoms with van der Waals surface area (Å²) in [7, 11) is 1.94. The largest absolute Gasteiger partial charge is 0.494 e. The van der Waals surface area contributed by atoms with Gasteiger partial charge in [-0.3, -0.25) is 14.3 Å². The lowest BCUT2D eigenvalue weighted by Gasteiger charge is -2.35. The van der Waals surface area contributed by atoms with Crippen molar-refractivity contribution in [2.24, 2.45) is 7.05 Å². The topological polar surface area (TPSA) is 69.4 Å². The van der Waals surface area contributed by atoms with E-state index in [1.54, 1.807) is 0 Å². The maximum Gasteiger partial charge on any atom is 0.275 e. The molecule has 0 fully saturated rings. The molecule has 242 valence electrons. The van der Waals surface area contributed by atoms with Gasteiger partial charge in [-0.05, 0) is 100 Å². The van der Waals surface area contributed by atoms with E-state index in [1.807, 2.05) is 73.8 Å². The Morgan fingerprint density at radius 3 is 2.43 bits per heavy atom. The molecule has 9 heteroatoms. The van der Waals surface area contributed by atoms with Crippen LogP contribution >= 0.6 is 23.2 Å². The fourth-order valence-electron chi connectivity index (χ4n) is 7.66. The second-order valence-electron chi connectivity index (χ2n) is 13.0. The van der Waals surface area contributed by atoms with Crippen LogP contribution in [0, 0.1) is 27.7 Å². The number of rotatable bonds is 7. The highest BCUT2D eigenvalue weighted by atomic mass is 35.5. The maximum atomic E-state index is 14.8. The third-order valence-electron chi connectivity index (χ3n) is 9.91. The maximum absolute atomic E-state index is 14.8. The van der Waals surface area contributed by atoms with Gasteiger partial charge in [0.25, 0.3) is 5.91 Å². The zero-order valence-electron chi connectivity index (χ0n) is 27.6. The van der Waals surface area contributed by atoms with Gasteiger partial charge < -0.3 is 14.2 Å². The first-order chi connectivity index (χ1) is 22.5. The number of ketones is 1. The standard InChI is InChI=1S/C38H38Cl2N4O3/c1-20-17-25(18-21(2)35(20)40)47-16-8-10-28-29-12-14-30(39)34(33-23(4)41-42(6)24(33)5)36(29)44-22(3)19-43(38(46)37(28)44)31-11-7-9-27-26(31)13-15-32(27)45/h7,9,11-12,14,17-18,22H,8,10,13,15-16,19H2,1-6H3. The van der Waals surface area contributed by atoms with E-state index in [9.17, 15) is 9.59 Å². The van der Waals surface area contributed by atoms with Crippen molar-refractivity contribution < 1.29 is 14.3 Å². The Hall–Kier alpha value is -4.07. The lowest BCUT2D eigenvalue weighted by Crippen LogP contribution is -2.43. The molecule has 47 heavy (non-hydrogen) atoms. The molecule has 0 bridgehead atoms. The van der Waals surface area contributed by atoms with Gasteiger partial charge in [0.05, 0.1) is 22.8 Å². The van der Waals surface area contributed by atoms with Crippen LogP contribution in [0.2, 0.25) is 10.0 Å². The normalized spacial score (nSPS) is 15.9. The fraction of sp³-hybridized carbons (Fsp3) is 0.342. The molecule has 1 aliphatic heterocycles. The summed E-state index contributed by atoms with van der Waals surface area (Å²) in [5.41, 5.74) is 10.9. The molecular formula is C38H38Cl2N4O3. The van der Waals surface area contributed by atoms with Crippen LogP contribution < -0.4 is 9.64 Å². The molecule has 0 saturated heterocycles. The Morgan fingerprint density at radius 1 is 0.979 bits per heavy atom. The Kier molecular flexibility index (Phi) is 7.96. The van der Waals surface area contributed by atoms with E-state index < -0.39 is 0 Å². The van der Waals surface area contributed by atoms with Gasteiger partial charge in [-0.25, -0.2) is 0 Å². The molecule has 3 aromatic carbocycles. The number of aryl methyl sites for hydroxylation is 5. The van der Waals surface area contributed by atoms with Gasteiger partial charge >= 0.3 is 0 Å². The van der Waals surface area contributed by atoms with Crippen molar-refractivity contribution in [2.45, 2.75) is 66.3 Å². The molecule has 7 rings (SSSR count). The average molecular weight is 670 g/mol. The monoisotopic (exact) mass is 668 g/mol. The van der Waals surface area contributed by atoms with Gasteiger partial charge in [0, 0.05) is 64.5 Å². The Balaban J connectivity index is 1.36. The van der Waals surface area contributed by atoms with Crippen molar-refractivity contribution >= 4 is 51.5 Å². The zero-order valence-corrected chi connectivity index (χ0v) is 29.1. The van der Waals surface area contributed by atoms with Gasteiger partial charge in [-0.15, -0.1) is 0 Å². The Morgan fingerprint density at radius 2 is 1.72 bits per heavy atom. The number of ether oxygens (including phenoxy) is 1. The van der Waals surface area contributed by atoms with Crippen LogP contribution in [-0.4, -0.2) is 39.2 Å².